The van der Waals surface area contributed by atoms with Crippen molar-refractivity contribution in [3.63, 3.8) is 0 Å². The van der Waals surface area contributed by atoms with Crippen LogP contribution in [0.2, 0.25) is 0 Å². The zero-order chi connectivity index (χ0) is 9.19. The van der Waals surface area contributed by atoms with Crippen molar-refractivity contribution in [3.8, 4) is 0 Å². The molecule has 0 aromatic heterocycles. The van der Waals surface area contributed by atoms with Crippen LogP contribution in [0.3, 0.4) is 0 Å². The first-order valence-corrected chi connectivity index (χ1v) is 4.28. The molecule has 68 valence electrons. The highest BCUT2D eigenvalue weighted by Crippen LogP contribution is 2.36. The number of hydrogen-bond acceptors (Lipinski definition) is 4. The Labute approximate surface area is 72.7 Å². The molecule has 0 amide bonds. The van der Waals surface area contributed by atoms with Gasteiger partial charge in [0.05, 0.1) is 13.0 Å². The summed E-state index contributed by atoms with van der Waals surface area (Å²) < 4.78 is 4.90. The first-order valence-electron chi connectivity index (χ1n) is 3.30. The average molecular weight is 192 g/mol. The zero-order valence-corrected chi connectivity index (χ0v) is 6.97. The van der Waals surface area contributed by atoms with Crippen LogP contribution in [-0.4, -0.2) is 39.4 Å². The van der Waals surface area contributed by atoms with E-state index in [0.717, 1.165) is 11.8 Å². The maximum atomic E-state index is 10.6. The summed E-state index contributed by atoms with van der Waals surface area (Å²) in [6, 6.07) is 0. The van der Waals surface area contributed by atoms with Gasteiger partial charge in [0.25, 0.3) is 0 Å². The van der Waals surface area contributed by atoms with Gasteiger partial charge in [-0.05, 0) is 0 Å². The SMILES string of the molecule is O=C(O)CC1(C(=O)O)OCCS1. The minimum atomic E-state index is -1.55. The molecule has 0 spiro atoms. The summed E-state index contributed by atoms with van der Waals surface area (Å²) in [4.78, 5) is 19.4. The van der Waals surface area contributed by atoms with Gasteiger partial charge in [-0.3, -0.25) is 4.79 Å². The predicted molar refractivity (Wildman–Crippen MR) is 41.0 cm³/mol. The van der Waals surface area contributed by atoms with Crippen molar-refractivity contribution in [2.75, 3.05) is 12.4 Å². The molecular formula is C6H8O5S. The second kappa shape index (κ2) is 3.32. The van der Waals surface area contributed by atoms with Crippen LogP contribution in [0.5, 0.6) is 0 Å². The summed E-state index contributed by atoms with van der Waals surface area (Å²) in [5.41, 5.74) is 0. The molecule has 0 aromatic rings. The van der Waals surface area contributed by atoms with Crippen LogP contribution in [0.15, 0.2) is 0 Å². The average Bonchev–Trinajstić information content (AvgIpc) is 2.35. The van der Waals surface area contributed by atoms with Gasteiger partial charge in [0.1, 0.15) is 0 Å². The fraction of sp³-hybridized carbons (Fsp3) is 0.667. The molecule has 6 heteroatoms. The van der Waals surface area contributed by atoms with E-state index in [4.69, 9.17) is 14.9 Å². The Hall–Kier alpha value is -0.750. The van der Waals surface area contributed by atoms with Crippen molar-refractivity contribution in [2.24, 2.45) is 0 Å². The second-order valence-electron chi connectivity index (χ2n) is 2.33. The lowest BCUT2D eigenvalue weighted by molar-refractivity contribution is -0.158. The van der Waals surface area contributed by atoms with Crippen LogP contribution in [0.25, 0.3) is 0 Å². The lowest BCUT2D eigenvalue weighted by Gasteiger charge is -2.19. The molecule has 1 heterocycles. The van der Waals surface area contributed by atoms with Gasteiger partial charge in [-0.2, -0.15) is 0 Å². The van der Waals surface area contributed by atoms with Crippen LogP contribution in [0.1, 0.15) is 6.42 Å². The first kappa shape index (κ1) is 9.34. The Morgan fingerprint density at radius 3 is 2.50 bits per heavy atom. The highest BCUT2D eigenvalue weighted by atomic mass is 32.2. The van der Waals surface area contributed by atoms with E-state index < -0.39 is 23.3 Å². The van der Waals surface area contributed by atoms with Gasteiger partial charge in [-0.15, -0.1) is 11.8 Å². The number of aliphatic carboxylic acids is 2. The first-order chi connectivity index (χ1) is 5.57. The van der Waals surface area contributed by atoms with E-state index in [1.807, 2.05) is 0 Å². The highest BCUT2D eigenvalue weighted by molar-refractivity contribution is 8.01. The van der Waals surface area contributed by atoms with Crippen LogP contribution in [-0.2, 0) is 14.3 Å². The third kappa shape index (κ3) is 1.70. The van der Waals surface area contributed by atoms with Crippen LogP contribution in [0, 0.1) is 0 Å². The topological polar surface area (TPSA) is 83.8 Å². The molecule has 1 aliphatic heterocycles. The van der Waals surface area contributed by atoms with Gasteiger partial charge in [-0.1, -0.05) is 0 Å². The molecule has 1 saturated heterocycles. The number of rotatable bonds is 3. The van der Waals surface area contributed by atoms with Crippen molar-refractivity contribution in [1.29, 1.82) is 0 Å². The second-order valence-corrected chi connectivity index (χ2v) is 3.68. The Kier molecular flexibility index (Phi) is 2.58. The molecule has 5 nitrogen and oxygen atoms in total. The zero-order valence-electron chi connectivity index (χ0n) is 6.15. The van der Waals surface area contributed by atoms with E-state index in [9.17, 15) is 9.59 Å². The summed E-state index contributed by atoms with van der Waals surface area (Å²) >= 11 is 1.02. The molecular weight excluding hydrogens is 184 g/mol. The molecule has 12 heavy (non-hydrogen) atoms. The van der Waals surface area contributed by atoms with E-state index >= 15 is 0 Å². The number of hydrogen-bond donors (Lipinski definition) is 2. The summed E-state index contributed by atoms with van der Waals surface area (Å²) in [7, 11) is 0. The van der Waals surface area contributed by atoms with E-state index in [-0.39, 0.29) is 0 Å². The minimum Gasteiger partial charge on any atom is -0.481 e. The molecule has 0 saturated carbocycles. The van der Waals surface area contributed by atoms with E-state index in [1.54, 1.807) is 0 Å². The normalized spacial score (nSPS) is 28.7. The van der Waals surface area contributed by atoms with Crippen LogP contribution < -0.4 is 0 Å². The molecule has 1 fully saturated rings. The van der Waals surface area contributed by atoms with E-state index in [0.29, 0.717) is 12.4 Å². The summed E-state index contributed by atoms with van der Waals surface area (Å²) in [6.45, 7) is 0.296. The van der Waals surface area contributed by atoms with Crippen LogP contribution >= 0.6 is 11.8 Å². The lowest BCUT2D eigenvalue weighted by atomic mass is 10.2. The van der Waals surface area contributed by atoms with Gasteiger partial charge in [-0.25, -0.2) is 4.79 Å². The summed E-state index contributed by atoms with van der Waals surface area (Å²) in [5.74, 6) is -1.85. The Bertz CT molecular complexity index is 208. The third-order valence-electron chi connectivity index (χ3n) is 1.46. The Morgan fingerprint density at radius 1 is 1.50 bits per heavy atom. The highest BCUT2D eigenvalue weighted by Gasteiger charge is 2.45. The van der Waals surface area contributed by atoms with Crippen molar-refractivity contribution in [2.45, 2.75) is 11.4 Å². The number of carboxylic acids is 2. The molecule has 0 bridgehead atoms. The predicted octanol–water partition coefficient (Wildman–Crippen LogP) is 0.00540. The number of thioether (sulfide) groups is 1. The number of carboxylic acid groups (broad SMARTS) is 2. The minimum absolute atomic E-state index is 0.296. The van der Waals surface area contributed by atoms with Gasteiger partial charge in [0.2, 0.25) is 4.93 Å². The number of ether oxygens (including phenoxy) is 1. The molecule has 0 aliphatic carbocycles. The fourth-order valence-electron chi connectivity index (χ4n) is 0.955. The molecule has 1 atom stereocenters. The molecule has 0 radical (unpaired) electrons. The van der Waals surface area contributed by atoms with Crippen molar-refractivity contribution < 1.29 is 24.5 Å². The smallest absolute Gasteiger partial charge is 0.347 e. The largest absolute Gasteiger partial charge is 0.481 e. The van der Waals surface area contributed by atoms with E-state index in [1.165, 1.54) is 0 Å². The molecule has 1 unspecified atom stereocenters. The van der Waals surface area contributed by atoms with Gasteiger partial charge in [0, 0.05) is 5.75 Å². The molecule has 1 aliphatic rings. The Balaban J connectivity index is 2.72. The van der Waals surface area contributed by atoms with Gasteiger partial charge < -0.3 is 14.9 Å². The molecule has 0 aromatic carbocycles. The van der Waals surface area contributed by atoms with Gasteiger partial charge in [0.15, 0.2) is 0 Å². The maximum Gasteiger partial charge on any atom is 0.347 e. The quantitative estimate of drug-likeness (QED) is 0.655. The summed E-state index contributed by atoms with van der Waals surface area (Å²) in [6.07, 6.45) is -0.493. The van der Waals surface area contributed by atoms with Crippen molar-refractivity contribution >= 4 is 23.7 Å². The Morgan fingerprint density at radius 2 is 2.17 bits per heavy atom. The van der Waals surface area contributed by atoms with E-state index in [2.05, 4.69) is 0 Å². The maximum absolute atomic E-state index is 10.6. The monoisotopic (exact) mass is 192 g/mol. The summed E-state index contributed by atoms with van der Waals surface area (Å²) in [5, 5.41) is 17.1. The standard InChI is InChI=1S/C6H8O5S/c7-4(8)3-6(5(9)10)11-1-2-12-6/h1-3H2,(H,7,8)(H,9,10). The van der Waals surface area contributed by atoms with Crippen LogP contribution in [0.4, 0.5) is 0 Å². The van der Waals surface area contributed by atoms with Gasteiger partial charge >= 0.3 is 11.9 Å². The molecule has 2 N–H and O–H groups in total. The number of carbonyl (C=O) groups is 2. The lowest BCUT2D eigenvalue weighted by Crippen LogP contribution is -2.37. The molecule has 1 rings (SSSR count). The van der Waals surface area contributed by atoms with Crippen molar-refractivity contribution in [3.05, 3.63) is 0 Å². The fourth-order valence-corrected chi connectivity index (χ4v) is 1.97. The third-order valence-corrected chi connectivity index (χ3v) is 2.74. The van der Waals surface area contributed by atoms with Crippen molar-refractivity contribution in [1.82, 2.24) is 0 Å².